The van der Waals surface area contributed by atoms with Crippen molar-refractivity contribution in [2.24, 2.45) is 0 Å². The summed E-state index contributed by atoms with van der Waals surface area (Å²) in [6.45, 7) is 1.51. The van der Waals surface area contributed by atoms with E-state index in [0.717, 1.165) is 37.5 Å². The first-order valence-electron chi connectivity index (χ1n) is 6.39. The summed E-state index contributed by atoms with van der Waals surface area (Å²) in [5.41, 5.74) is 0. The molecule has 2 aromatic heterocycles. The molecule has 2 aromatic rings. The van der Waals surface area contributed by atoms with Gasteiger partial charge >= 0.3 is 0 Å². The molecule has 0 radical (unpaired) electrons. The minimum Gasteiger partial charge on any atom is -0.464 e. The van der Waals surface area contributed by atoms with Crippen LogP contribution in [0.4, 0.5) is 0 Å². The van der Waals surface area contributed by atoms with Gasteiger partial charge in [0, 0.05) is 25.9 Å². The zero-order valence-corrected chi connectivity index (χ0v) is 10.8. The predicted octanol–water partition coefficient (Wildman–Crippen LogP) is 1.23. The van der Waals surface area contributed by atoms with Crippen molar-refractivity contribution in [3.05, 3.63) is 47.3 Å². The highest BCUT2D eigenvalue weighted by Gasteiger charge is 2.02. The molecule has 0 saturated carbocycles. The Balaban J connectivity index is 1.61. The zero-order chi connectivity index (χ0) is 13.5. The lowest BCUT2D eigenvalue weighted by Crippen LogP contribution is -2.19. The molecule has 104 valence electrons. The van der Waals surface area contributed by atoms with E-state index in [2.05, 4.69) is 5.32 Å². The third kappa shape index (κ3) is 4.24. The summed E-state index contributed by atoms with van der Waals surface area (Å²) < 4.78 is 10.8. The maximum atomic E-state index is 8.87. The topological polar surface area (TPSA) is 78.8 Å². The Kier molecular flexibility index (Phi) is 5.20. The summed E-state index contributed by atoms with van der Waals surface area (Å²) in [6, 6.07) is 7.34. The van der Waals surface area contributed by atoms with Crippen LogP contribution in [-0.4, -0.2) is 23.3 Å². The van der Waals surface area contributed by atoms with Gasteiger partial charge in [0.05, 0.1) is 0 Å². The molecule has 0 unspecified atom stereocenters. The van der Waals surface area contributed by atoms with Gasteiger partial charge in [0.1, 0.15) is 36.3 Å². The Morgan fingerprint density at radius 3 is 1.53 bits per heavy atom. The molecule has 0 aliphatic carbocycles. The van der Waals surface area contributed by atoms with E-state index in [9.17, 15) is 0 Å². The van der Waals surface area contributed by atoms with Gasteiger partial charge in [0.25, 0.3) is 0 Å². The predicted molar refractivity (Wildman–Crippen MR) is 69.5 cm³/mol. The van der Waals surface area contributed by atoms with Gasteiger partial charge in [0.2, 0.25) is 0 Å². The molecule has 0 atom stereocenters. The highest BCUT2D eigenvalue weighted by atomic mass is 16.4. The normalized spacial score (nSPS) is 11.1. The van der Waals surface area contributed by atoms with Crippen LogP contribution in [0.2, 0.25) is 0 Å². The fourth-order valence-electron chi connectivity index (χ4n) is 1.83. The average molecular weight is 265 g/mol. The van der Waals surface area contributed by atoms with E-state index in [4.69, 9.17) is 19.0 Å². The standard InChI is InChI=1S/C14H19NO4/c16-9-13-3-1-11(18-13)5-7-15-8-6-12-2-4-14(10-17)19-12/h1-4,15-17H,5-10H2. The molecule has 19 heavy (non-hydrogen) atoms. The van der Waals surface area contributed by atoms with Gasteiger partial charge < -0.3 is 24.4 Å². The molecule has 3 N–H and O–H groups in total. The molecule has 0 aliphatic rings. The first-order chi connectivity index (χ1) is 9.31. The summed E-state index contributed by atoms with van der Waals surface area (Å²) in [6.07, 6.45) is 1.58. The van der Waals surface area contributed by atoms with E-state index >= 15 is 0 Å². The molecular weight excluding hydrogens is 246 g/mol. The molecule has 5 nitrogen and oxygen atoms in total. The summed E-state index contributed by atoms with van der Waals surface area (Å²) >= 11 is 0. The zero-order valence-electron chi connectivity index (χ0n) is 10.8. The van der Waals surface area contributed by atoms with Crippen LogP contribution in [0.25, 0.3) is 0 Å². The van der Waals surface area contributed by atoms with Crippen LogP contribution in [0.5, 0.6) is 0 Å². The number of nitrogens with one attached hydrogen (secondary N) is 1. The van der Waals surface area contributed by atoms with Gasteiger partial charge in [-0.1, -0.05) is 0 Å². The fourth-order valence-corrected chi connectivity index (χ4v) is 1.83. The molecule has 0 amide bonds. The number of hydrogen-bond acceptors (Lipinski definition) is 5. The van der Waals surface area contributed by atoms with Crippen LogP contribution in [0.15, 0.2) is 33.1 Å². The second kappa shape index (κ2) is 7.13. The third-order valence-electron chi connectivity index (χ3n) is 2.84. The van der Waals surface area contributed by atoms with Gasteiger partial charge in [-0.3, -0.25) is 0 Å². The third-order valence-corrected chi connectivity index (χ3v) is 2.84. The summed E-state index contributed by atoms with van der Waals surface area (Å²) in [7, 11) is 0. The van der Waals surface area contributed by atoms with Gasteiger partial charge in [-0.15, -0.1) is 0 Å². The number of hydrogen-bond donors (Lipinski definition) is 3. The average Bonchev–Trinajstić information content (AvgIpc) is 3.06. The number of aliphatic hydroxyl groups excluding tert-OH is 2. The quantitative estimate of drug-likeness (QED) is 0.626. The molecule has 0 fully saturated rings. The van der Waals surface area contributed by atoms with Crippen molar-refractivity contribution in [3.63, 3.8) is 0 Å². The van der Waals surface area contributed by atoms with Crippen LogP contribution in [0.1, 0.15) is 23.0 Å². The first kappa shape index (κ1) is 13.9. The van der Waals surface area contributed by atoms with E-state index in [1.165, 1.54) is 0 Å². The smallest absolute Gasteiger partial charge is 0.129 e. The number of furan rings is 2. The highest BCUT2D eigenvalue weighted by Crippen LogP contribution is 2.09. The molecule has 5 heteroatoms. The molecule has 0 bridgehead atoms. The van der Waals surface area contributed by atoms with E-state index < -0.39 is 0 Å². The maximum Gasteiger partial charge on any atom is 0.129 e. The summed E-state index contributed by atoms with van der Waals surface area (Å²) in [5.74, 6) is 2.94. The Bertz CT molecular complexity index is 445. The van der Waals surface area contributed by atoms with Gasteiger partial charge in [-0.05, 0) is 24.3 Å². The Morgan fingerprint density at radius 2 is 1.16 bits per heavy atom. The van der Waals surface area contributed by atoms with Crippen LogP contribution >= 0.6 is 0 Å². The largest absolute Gasteiger partial charge is 0.464 e. The Hall–Kier alpha value is -1.56. The monoisotopic (exact) mass is 265 g/mol. The summed E-state index contributed by atoms with van der Waals surface area (Å²) in [4.78, 5) is 0. The summed E-state index contributed by atoms with van der Waals surface area (Å²) in [5, 5.41) is 21.0. The van der Waals surface area contributed by atoms with Crippen molar-refractivity contribution in [2.45, 2.75) is 26.1 Å². The maximum absolute atomic E-state index is 8.87. The van der Waals surface area contributed by atoms with E-state index in [1.54, 1.807) is 12.1 Å². The molecule has 0 spiro atoms. The lowest BCUT2D eigenvalue weighted by Gasteiger charge is -2.01. The van der Waals surface area contributed by atoms with Crippen LogP contribution in [-0.2, 0) is 26.1 Å². The fraction of sp³-hybridized carbons (Fsp3) is 0.429. The second-order valence-electron chi connectivity index (χ2n) is 4.30. The van der Waals surface area contributed by atoms with E-state index in [1.807, 2.05) is 12.1 Å². The van der Waals surface area contributed by atoms with Gasteiger partial charge in [-0.2, -0.15) is 0 Å². The SMILES string of the molecule is OCc1ccc(CCNCCc2ccc(CO)o2)o1. The van der Waals surface area contributed by atoms with Crippen LogP contribution < -0.4 is 5.32 Å². The van der Waals surface area contributed by atoms with Crippen molar-refractivity contribution in [1.29, 1.82) is 0 Å². The van der Waals surface area contributed by atoms with Gasteiger partial charge in [-0.25, -0.2) is 0 Å². The van der Waals surface area contributed by atoms with E-state index in [0.29, 0.717) is 11.5 Å². The lowest BCUT2D eigenvalue weighted by atomic mass is 10.3. The van der Waals surface area contributed by atoms with Crippen molar-refractivity contribution < 1.29 is 19.0 Å². The van der Waals surface area contributed by atoms with Crippen LogP contribution in [0.3, 0.4) is 0 Å². The minimum atomic E-state index is -0.0564. The minimum absolute atomic E-state index is 0.0564. The Morgan fingerprint density at radius 1 is 0.737 bits per heavy atom. The molecule has 0 aliphatic heterocycles. The van der Waals surface area contributed by atoms with Crippen molar-refractivity contribution >= 4 is 0 Å². The second-order valence-corrected chi connectivity index (χ2v) is 4.30. The lowest BCUT2D eigenvalue weighted by molar-refractivity contribution is 0.243. The molecule has 2 rings (SSSR count). The van der Waals surface area contributed by atoms with Crippen molar-refractivity contribution in [3.8, 4) is 0 Å². The number of rotatable bonds is 8. The molecule has 0 saturated heterocycles. The molecule has 2 heterocycles. The number of aliphatic hydroxyl groups is 2. The van der Waals surface area contributed by atoms with Gasteiger partial charge in [0.15, 0.2) is 0 Å². The van der Waals surface area contributed by atoms with Crippen molar-refractivity contribution in [2.75, 3.05) is 13.1 Å². The molecule has 0 aromatic carbocycles. The van der Waals surface area contributed by atoms with Crippen LogP contribution in [0, 0.1) is 0 Å². The highest BCUT2D eigenvalue weighted by molar-refractivity contribution is 5.07. The Labute approximate surface area is 111 Å². The van der Waals surface area contributed by atoms with Crippen molar-refractivity contribution in [1.82, 2.24) is 5.32 Å². The molecular formula is C14H19NO4. The first-order valence-corrected chi connectivity index (χ1v) is 6.39. The van der Waals surface area contributed by atoms with E-state index in [-0.39, 0.29) is 13.2 Å².